The van der Waals surface area contributed by atoms with Crippen molar-refractivity contribution in [2.24, 2.45) is 0 Å². The molecule has 2 nitrogen and oxygen atoms in total. The number of rotatable bonds is 10. The van der Waals surface area contributed by atoms with E-state index in [1.807, 2.05) is 11.8 Å². The van der Waals surface area contributed by atoms with Crippen molar-refractivity contribution in [1.82, 2.24) is 10.2 Å². The van der Waals surface area contributed by atoms with Crippen molar-refractivity contribution in [3.63, 3.8) is 0 Å². The molecule has 0 saturated carbocycles. The first-order valence-corrected chi connectivity index (χ1v) is 7.01. The van der Waals surface area contributed by atoms with Gasteiger partial charge in [-0.3, -0.25) is 0 Å². The van der Waals surface area contributed by atoms with Crippen LogP contribution in [-0.4, -0.2) is 50.6 Å². The molecule has 0 unspecified atom stereocenters. The van der Waals surface area contributed by atoms with Crippen LogP contribution < -0.4 is 5.32 Å². The lowest BCUT2D eigenvalue weighted by Crippen LogP contribution is -2.19. The zero-order valence-corrected chi connectivity index (χ0v) is 10.8. The number of hydrogen-bond acceptors (Lipinski definition) is 3. The van der Waals surface area contributed by atoms with E-state index < -0.39 is 0 Å². The molecule has 0 amide bonds. The van der Waals surface area contributed by atoms with Crippen LogP contribution in [0.1, 0.15) is 25.7 Å². The third kappa shape index (κ3) is 12.3. The number of unbranched alkanes of at least 4 members (excludes halogenated alkanes) is 2. The molecule has 3 heteroatoms. The summed E-state index contributed by atoms with van der Waals surface area (Å²) < 4.78 is 0. The molecule has 0 aliphatic rings. The summed E-state index contributed by atoms with van der Waals surface area (Å²) in [6.07, 6.45) is 7.47. The normalized spacial score (nSPS) is 11.1. The van der Waals surface area contributed by atoms with Crippen LogP contribution in [0.4, 0.5) is 0 Å². The van der Waals surface area contributed by atoms with Gasteiger partial charge in [0, 0.05) is 0 Å². The van der Waals surface area contributed by atoms with Crippen LogP contribution in [0.25, 0.3) is 0 Å². The molecular weight excluding hydrogens is 192 g/mol. The molecule has 0 bridgehead atoms. The van der Waals surface area contributed by atoms with Gasteiger partial charge in [0.2, 0.25) is 0 Å². The number of nitrogens with one attached hydrogen (secondary N) is 1. The molecule has 0 atom stereocenters. The van der Waals surface area contributed by atoms with E-state index in [0.717, 1.165) is 0 Å². The Morgan fingerprint density at radius 3 is 2.21 bits per heavy atom. The molecule has 0 aliphatic heterocycles. The lowest BCUT2D eigenvalue weighted by atomic mass is 10.3. The molecule has 0 aromatic rings. The molecule has 0 aromatic heterocycles. The Labute approximate surface area is 93.8 Å². The molecule has 0 aliphatic carbocycles. The second kappa shape index (κ2) is 11.3. The molecule has 0 saturated heterocycles. The van der Waals surface area contributed by atoms with Gasteiger partial charge < -0.3 is 10.2 Å². The minimum Gasteiger partial charge on any atom is -0.317 e. The van der Waals surface area contributed by atoms with Crippen molar-refractivity contribution in [1.29, 1.82) is 0 Å². The Bertz CT molecular complexity index is 107. The van der Waals surface area contributed by atoms with Crippen LogP contribution in [0.2, 0.25) is 0 Å². The summed E-state index contributed by atoms with van der Waals surface area (Å²) in [5.41, 5.74) is 0. The molecule has 0 fully saturated rings. The van der Waals surface area contributed by atoms with Crippen LogP contribution >= 0.6 is 11.8 Å². The summed E-state index contributed by atoms with van der Waals surface area (Å²) in [6.45, 7) is 3.60. The standard InChI is InChI=1S/C11H26N2S/c1-13(2)10-6-4-8-12-9-5-7-11-14-3/h12H,4-11H2,1-3H3. The van der Waals surface area contributed by atoms with Crippen molar-refractivity contribution in [2.75, 3.05) is 45.7 Å². The van der Waals surface area contributed by atoms with Gasteiger partial charge in [0.15, 0.2) is 0 Å². The highest BCUT2D eigenvalue weighted by Gasteiger charge is 1.91. The van der Waals surface area contributed by atoms with Gasteiger partial charge in [0.05, 0.1) is 0 Å². The number of thioether (sulfide) groups is 1. The van der Waals surface area contributed by atoms with E-state index >= 15 is 0 Å². The minimum absolute atomic E-state index is 1.19. The molecule has 1 N–H and O–H groups in total. The smallest absolute Gasteiger partial charge is 0.00244 e. The molecule has 14 heavy (non-hydrogen) atoms. The van der Waals surface area contributed by atoms with Crippen LogP contribution in [0, 0.1) is 0 Å². The monoisotopic (exact) mass is 218 g/mol. The Morgan fingerprint density at radius 2 is 1.64 bits per heavy atom. The van der Waals surface area contributed by atoms with E-state index in [2.05, 4.69) is 30.6 Å². The Balaban J connectivity index is 2.85. The fourth-order valence-corrected chi connectivity index (χ4v) is 1.79. The third-order valence-electron chi connectivity index (χ3n) is 2.16. The summed E-state index contributed by atoms with van der Waals surface area (Å²) in [5.74, 6) is 1.31. The fraction of sp³-hybridized carbons (Fsp3) is 1.00. The molecule has 86 valence electrons. The van der Waals surface area contributed by atoms with Gasteiger partial charge in [-0.2, -0.15) is 11.8 Å². The van der Waals surface area contributed by atoms with Crippen LogP contribution in [0.5, 0.6) is 0 Å². The summed E-state index contributed by atoms with van der Waals surface area (Å²) in [7, 11) is 4.27. The van der Waals surface area contributed by atoms with E-state index in [0.29, 0.717) is 0 Å². The zero-order chi connectivity index (χ0) is 10.6. The maximum absolute atomic E-state index is 3.49. The average Bonchev–Trinajstić information content (AvgIpc) is 2.15. The first-order chi connectivity index (χ1) is 6.77. The maximum Gasteiger partial charge on any atom is -0.00244 e. The van der Waals surface area contributed by atoms with Crippen molar-refractivity contribution < 1.29 is 0 Å². The SMILES string of the molecule is CSCCCCNCCCCN(C)C. The molecule has 0 spiro atoms. The molecule has 0 radical (unpaired) electrons. The maximum atomic E-state index is 3.49. The zero-order valence-electron chi connectivity index (χ0n) is 10.0. The Hall–Kier alpha value is 0.270. The van der Waals surface area contributed by atoms with Gasteiger partial charge in [-0.25, -0.2) is 0 Å². The van der Waals surface area contributed by atoms with Crippen LogP contribution in [0.3, 0.4) is 0 Å². The summed E-state index contributed by atoms with van der Waals surface area (Å²) in [6, 6.07) is 0. The van der Waals surface area contributed by atoms with Gasteiger partial charge in [0.1, 0.15) is 0 Å². The average molecular weight is 218 g/mol. The van der Waals surface area contributed by atoms with E-state index in [-0.39, 0.29) is 0 Å². The summed E-state index contributed by atoms with van der Waals surface area (Å²) in [5, 5.41) is 3.49. The highest BCUT2D eigenvalue weighted by atomic mass is 32.2. The van der Waals surface area contributed by atoms with E-state index in [1.54, 1.807) is 0 Å². The van der Waals surface area contributed by atoms with Crippen molar-refractivity contribution in [3.05, 3.63) is 0 Å². The van der Waals surface area contributed by atoms with Crippen LogP contribution in [-0.2, 0) is 0 Å². The summed E-state index contributed by atoms with van der Waals surface area (Å²) >= 11 is 1.94. The van der Waals surface area contributed by atoms with Crippen molar-refractivity contribution in [3.8, 4) is 0 Å². The molecular formula is C11H26N2S. The summed E-state index contributed by atoms with van der Waals surface area (Å²) in [4.78, 5) is 2.25. The topological polar surface area (TPSA) is 15.3 Å². The highest BCUT2D eigenvalue weighted by Crippen LogP contribution is 1.97. The first-order valence-electron chi connectivity index (χ1n) is 5.61. The van der Waals surface area contributed by atoms with Gasteiger partial charge in [-0.05, 0) is 71.4 Å². The van der Waals surface area contributed by atoms with Crippen LogP contribution in [0.15, 0.2) is 0 Å². The second-order valence-electron chi connectivity index (χ2n) is 3.96. The predicted molar refractivity (Wildman–Crippen MR) is 68.3 cm³/mol. The van der Waals surface area contributed by atoms with Gasteiger partial charge in [0.25, 0.3) is 0 Å². The second-order valence-corrected chi connectivity index (χ2v) is 4.95. The van der Waals surface area contributed by atoms with E-state index in [1.165, 1.54) is 51.1 Å². The van der Waals surface area contributed by atoms with Gasteiger partial charge in [-0.1, -0.05) is 0 Å². The first kappa shape index (κ1) is 14.3. The molecule has 0 aromatic carbocycles. The Morgan fingerprint density at radius 1 is 1.00 bits per heavy atom. The van der Waals surface area contributed by atoms with Gasteiger partial charge in [-0.15, -0.1) is 0 Å². The largest absolute Gasteiger partial charge is 0.317 e. The minimum atomic E-state index is 1.19. The number of nitrogens with zero attached hydrogens (tertiary/aromatic N) is 1. The van der Waals surface area contributed by atoms with Crippen molar-refractivity contribution in [2.45, 2.75) is 25.7 Å². The van der Waals surface area contributed by atoms with E-state index in [9.17, 15) is 0 Å². The lowest BCUT2D eigenvalue weighted by Gasteiger charge is -2.09. The van der Waals surface area contributed by atoms with Gasteiger partial charge >= 0.3 is 0 Å². The lowest BCUT2D eigenvalue weighted by molar-refractivity contribution is 0.391. The fourth-order valence-electron chi connectivity index (χ4n) is 1.30. The van der Waals surface area contributed by atoms with E-state index in [4.69, 9.17) is 0 Å². The number of hydrogen-bond donors (Lipinski definition) is 1. The molecule has 0 heterocycles. The molecule has 0 rings (SSSR count). The quantitative estimate of drug-likeness (QED) is 0.565. The third-order valence-corrected chi connectivity index (χ3v) is 2.86. The highest BCUT2D eigenvalue weighted by molar-refractivity contribution is 7.98. The van der Waals surface area contributed by atoms with Crippen molar-refractivity contribution >= 4 is 11.8 Å². The predicted octanol–water partition coefficient (Wildman–Crippen LogP) is 2.06. The Kier molecular flexibility index (Phi) is 11.6.